The van der Waals surface area contributed by atoms with Crippen LogP contribution in [-0.2, 0) is 13.6 Å². The number of halogens is 2. The first-order valence-electron chi connectivity index (χ1n) is 8.57. The fourth-order valence-electron chi connectivity index (χ4n) is 3.11. The summed E-state index contributed by atoms with van der Waals surface area (Å²) in [6.45, 7) is 3.32. The molecule has 1 saturated carbocycles. The molecule has 25 heavy (non-hydrogen) atoms. The van der Waals surface area contributed by atoms with Gasteiger partial charge in [-0.25, -0.2) is 8.78 Å². The number of nitrogens with one attached hydrogen (secondary N) is 1. The first-order valence-corrected chi connectivity index (χ1v) is 8.57. The maximum atomic E-state index is 13.9. The minimum absolute atomic E-state index is 0.00700. The van der Waals surface area contributed by atoms with E-state index in [9.17, 15) is 8.78 Å². The second kappa shape index (κ2) is 7.25. The summed E-state index contributed by atoms with van der Waals surface area (Å²) >= 11 is 0. The monoisotopic (exact) mass is 346 g/mol. The lowest BCUT2D eigenvalue weighted by Crippen LogP contribution is -2.40. The van der Waals surface area contributed by atoms with Crippen LogP contribution < -0.4 is 5.32 Å². The van der Waals surface area contributed by atoms with Crippen molar-refractivity contribution in [2.24, 2.45) is 12.0 Å². The van der Waals surface area contributed by atoms with Crippen LogP contribution in [0.1, 0.15) is 30.5 Å². The summed E-state index contributed by atoms with van der Waals surface area (Å²) in [5.74, 6) is -0.333. The van der Waals surface area contributed by atoms with Crippen LogP contribution in [0, 0.1) is 11.6 Å². The van der Waals surface area contributed by atoms with E-state index in [0.717, 1.165) is 5.96 Å². The van der Waals surface area contributed by atoms with Gasteiger partial charge < -0.3 is 14.8 Å². The lowest BCUT2D eigenvalue weighted by atomic mass is 10.1. The van der Waals surface area contributed by atoms with Gasteiger partial charge in [-0.2, -0.15) is 0 Å². The van der Waals surface area contributed by atoms with Crippen molar-refractivity contribution in [3.05, 3.63) is 59.4 Å². The van der Waals surface area contributed by atoms with Gasteiger partial charge in [0.25, 0.3) is 0 Å². The van der Waals surface area contributed by atoms with E-state index in [0.29, 0.717) is 19.5 Å². The second-order valence-electron chi connectivity index (χ2n) is 6.49. The summed E-state index contributed by atoms with van der Waals surface area (Å²) in [5.41, 5.74) is 1.35. The smallest absolute Gasteiger partial charge is 0.194 e. The van der Waals surface area contributed by atoms with Gasteiger partial charge in [0.2, 0.25) is 0 Å². The molecule has 1 heterocycles. The molecule has 2 unspecified atom stereocenters. The maximum absolute atomic E-state index is 13.9. The summed E-state index contributed by atoms with van der Waals surface area (Å²) in [6.07, 6.45) is 2.71. The zero-order chi connectivity index (χ0) is 18.0. The Morgan fingerprint density at radius 3 is 2.60 bits per heavy atom. The zero-order valence-corrected chi connectivity index (χ0v) is 14.8. The lowest BCUT2D eigenvalue weighted by molar-refractivity contribution is 0.459. The van der Waals surface area contributed by atoms with Gasteiger partial charge in [-0.1, -0.05) is 6.07 Å². The molecular weight excluding hydrogens is 322 g/mol. The van der Waals surface area contributed by atoms with Gasteiger partial charge in [0.1, 0.15) is 11.6 Å². The minimum Gasteiger partial charge on any atom is -0.353 e. The fourth-order valence-corrected chi connectivity index (χ4v) is 3.11. The number of nitrogens with zero attached hydrogens (tertiary/aromatic N) is 3. The van der Waals surface area contributed by atoms with Gasteiger partial charge in [0.05, 0.1) is 6.54 Å². The number of rotatable bonds is 5. The summed E-state index contributed by atoms with van der Waals surface area (Å²) in [4.78, 5) is 6.56. The first kappa shape index (κ1) is 17.5. The summed E-state index contributed by atoms with van der Waals surface area (Å²) in [7, 11) is 3.97. The van der Waals surface area contributed by atoms with Gasteiger partial charge in [0.15, 0.2) is 5.96 Å². The predicted octanol–water partition coefficient (Wildman–Crippen LogP) is 3.26. The molecule has 0 aliphatic heterocycles. The van der Waals surface area contributed by atoms with E-state index in [-0.39, 0.29) is 17.5 Å². The van der Waals surface area contributed by atoms with Crippen LogP contribution in [0.4, 0.5) is 8.78 Å². The molecule has 1 aliphatic rings. The van der Waals surface area contributed by atoms with Crippen molar-refractivity contribution < 1.29 is 8.78 Å². The summed E-state index contributed by atoms with van der Waals surface area (Å²) in [5, 5.41) is 3.36. The molecule has 134 valence electrons. The average Bonchev–Trinajstić information content (AvgIpc) is 3.20. The Morgan fingerprint density at radius 1 is 1.28 bits per heavy atom. The quantitative estimate of drug-likeness (QED) is 0.666. The van der Waals surface area contributed by atoms with E-state index in [1.54, 1.807) is 0 Å². The molecule has 1 aliphatic carbocycles. The van der Waals surface area contributed by atoms with E-state index in [2.05, 4.69) is 20.9 Å². The van der Waals surface area contributed by atoms with Crippen molar-refractivity contribution in [2.45, 2.75) is 31.8 Å². The van der Waals surface area contributed by atoms with Gasteiger partial charge in [-0.05, 0) is 37.6 Å². The molecule has 2 aromatic rings. The fraction of sp³-hybridized carbons (Fsp3) is 0.421. The average molecular weight is 346 g/mol. The third-order valence-electron chi connectivity index (χ3n) is 4.60. The normalized spacial score (nSPS) is 19.8. The molecule has 4 nitrogen and oxygen atoms in total. The number of hydrogen-bond donors (Lipinski definition) is 1. The topological polar surface area (TPSA) is 32.6 Å². The van der Waals surface area contributed by atoms with E-state index in [1.807, 2.05) is 38.2 Å². The molecule has 1 N–H and O–H groups in total. The highest BCUT2D eigenvalue weighted by atomic mass is 19.1. The molecule has 1 aromatic carbocycles. The highest BCUT2D eigenvalue weighted by Gasteiger charge is 2.42. The van der Waals surface area contributed by atoms with Crippen molar-refractivity contribution in [1.29, 1.82) is 0 Å². The standard InChI is InChI=1S/C19H24F2N4/c1-4-22-19(25(3)12-13-7-6-10-24(13)2)23-17-11-14(17)18-15(20)8-5-9-16(18)21/h5-10,14,17H,4,11-12H2,1-3H3,(H,22,23). The van der Waals surface area contributed by atoms with Gasteiger partial charge >= 0.3 is 0 Å². The highest BCUT2D eigenvalue weighted by molar-refractivity contribution is 5.80. The van der Waals surface area contributed by atoms with Crippen molar-refractivity contribution in [3.8, 4) is 0 Å². The van der Waals surface area contributed by atoms with Crippen molar-refractivity contribution in [2.75, 3.05) is 13.6 Å². The van der Waals surface area contributed by atoms with E-state index >= 15 is 0 Å². The summed E-state index contributed by atoms with van der Waals surface area (Å²) < 4.78 is 30.0. The summed E-state index contributed by atoms with van der Waals surface area (Å²) in [6, 6.07) is 8.11. The van der Waals surface area contributed by atoms with E-state index in [4.69, 9.17) is 0 Å². The molecule has 6 heteroatoms. The molecule has 0 spiro atoms. The minimum atomic E-state index is -0.472. The number of hydrogen-bond acceptors (Lipinski definition) is 1. The Kier molecular flexibility index (Phi) is 5.06. The molecule has 0 bridgehead atoms. The van der Waals surface area contributed by atoms with Gasteiger partial charge in [-0.15, -0.1) is 0 Å². The molecule has 3 rings (SSSR count). The van der Waals surface area contributed by atoms with Crippen LogP contribution in [0.25, 0.3) is 0 Å². The van der Waals surface area contributed by atoms with Crippen LogP contribution >= 0.6 is 0 Å². The lowest BCUT2D eigenvalue weighted by Gasteiger charge is -2.23. The Morgan fingerprint density at radius 2 is 2.00 bits per heavy atom. The first-order chi connectivity index (χ1) is 12.0. The Labute approximate surface area is 147 Å². The SMILES string of the molecule is CCN=C(NC1CC1c1c(F)cccc1F)N(C)Cc1cccn1C. The molecule has 0 saturated heterocycles. The van der Waals surface area contributed by atoms with Crippen LogP contribution in [-0.4, -0.2) is 35.1 Å². The largest absolute Gasteiger partial charge is 0.353 e. The molecular formula is C19H24F2N4. The Bertz CT molecular complexity index is 748. The number of aromatic nitrogens is 1. The second-order valence-corrected chi connectivity index (χ2v) is 6.49. The molecule has 0 radical (unpaired) electrons. The zero-order valence-electron chi connectivity index (χ0n) is 14.8. The Balaban J connectivity index is 1.67. The van der Waals surface area contributed by atoms with E-state index in [1.165, 1.54) is 23.9 Å². The van der Waals surface area contributed by atoms with Crippen molar-refractivity contribution in [3.63, 3.8) is 0 Å². The molecule has 0 amide bonds. The van der Waals surface area contributed by atoms with Gasteiger partial charge in [0, 0.05) is 50.1 Å². The third kappa shape index (κ3) is 3.83. The number of aryl methyl sites for hydroxylation is 1. The maximum Gasteiger partial charge on any atom is 0.194 e. The highest BCUT2D eigenvalue weighted by Crippen LogP contribution is 2.43. The molecule has 1 fully saturated rings. The van der Waals surface area contributed by atoms with Crippen LogP contribution in [0.3, 0.4) is 0 Å². The number of guanidine groups is 1. The number of benzene rings is 1. The molecule has 2 atom stereocenters. The van der Waals surface area contributed by atoms with Crippen LogP contribution in [0.5, 0.6) is 0 Å². The van der Waals surface area contributed by atoms with E-state index < -0.39 is 11.6 Å². The van der Waals surface area contributed by atoms with Crippen molar-refractivity contribution >= 4 is 5.96 Å². The Hall–Kier alpha value is -2.37. The predicted molar refractivity (Wildman–Crippen MR) is 95.5 cm³/mol. The number of aliphatic imine (C=N–C) groups is 1. The molecule has 1 aromatic heterocycles. The third-order valence-corrected chi connectivity index (χ3v) is 4.60. The van der Waals surface area contributed by atoms with Crippen molar-refractivity contribution in [1.82, 2.24) is 14.8 Å². The van der Waals surface area contributed by atoms with Crippen LogP contribution in [0.2, 0.25) is 0 Å². The van der Waals surface area contributed by atoms with Crippen LogP contribution in [0.15, 0.2) is 41.5 Å². The van der Waals surface area contributed by atoms with Gasteiger partial charge in [-0.3, -0.25) is 4.99 Å².